The molecule has 0 aromatic rings. The lowest BCUT2D eigenvalue weighted by Crippen LogP contribution is -2.45. The molecule has 0 saturated heterocycles. The molecule has 0 fully saturated rings. The topological polar surface area (TPSA) is 55.4 Å². The van der Waals surface area contributed by atoms with Gasteiger partial charge in [0.05, 0.1) is 7.11 Å². The molecule has 0 aliphatic carbocycles. The maximum Gasteiger partial charge on any atom is 0.471 e. The van der Waals surface area contributed by atoms with Crippen LogP contribution in [0.3, 0.4) is 0 Å². The van der Waals surface area contributed by atoms with Gasteiger partial charge < -0.3 is 10.1 Å². The van der Waals surface area contributed by atoms with Crippen LogP contribution in [0.5, 0.6) is 0 Å². The van der Waals surface area contributed by atoms with Crippen LogP contribution >= 0.6 is 0 Å². The molecule has 0 aliphatic heterocycles. The molecule has 17 heavy (non-hydrogen) atoms. The van der Waals surface area contributed by atoms with E-state index in [1.54, 1.807) is 13.8 Å². The molecule has 1 atom stereocenters. The number of esters is 1. The van der Waals surface area contributed by atoms with E-state index in [9.17, 15) is 22.8 Å². The van der Waals surface area contributed by atoms with Gasteiger partial charge in [0, 0.05) is 12.5 Å². The van der Waals surface area contributed by atoms with Gasteiger partial charge in [0.1, 0.15) is 0 Å². The zero-order valence-electron chi connectivity index (χ0n) is 9.93. The molecule has 0 radical (unpaired) electrons. The summed E-state index contributed by atoms with van der Waals surface area (Å²) in [5.41, 5.74) is 0. The summed E-state index contributed by atoms with van der Waals surface area (Å²) in [5, 5.41) is 1.86. The first kappa shape index (κ1) is 15.7. The fourth-order valence-corrected chi connectivity index (χ4v) is 1.20. The van der Waals surface area contributed by atoms with E-state index in [2.05, 4.69) is 4.74 Å². The van der Waals surface area contributed by atoms with E-state index in [1.165, 1.54) is 7.11 Å². The number of methoxy groups -OCH3 is 1. The lowest BCUT2D eigenvalue weighted by molar-refractivity contribution is -0.174. The molecule has 0 aliphatic rings. The smallest absolute Gasteiger partial charge is 0.469 e. The molecule has 0 spiro atoms. The second kappa shape index (κ2) is 6.46. The van der Waals surface area contributed by atoms with Crippen molar-refractivity contribution in [2.24, 2.45) is 5.92 Å². The Hall–Kier alpha value is -1.27. The molecule has 1 N–H and O–H groups in total. The van der Waals surface area contributed by atoms with Crippen molar-refractivity contribution in [2.45, 2.75) is 38.9 Å². The second-order valence-electron chi connectivity index (χ2n) is 3.94. The summed E-state index contributed by atoms with van der Waals surface area (Å²) in [6.07, 6.45) is -4.82. The maximum atomic E-state index is 12.0. The molecular weight excluding hydrogens is 239 g/mol. The summed E-state index contributed by atoms with van der Waals surface area (Å²) in [4.78, 5) is 21.6. The zero-order chi connectivity index (χ0) is 13.6. The van der Waals surface area contributed by atoms with Crippen molar-refractivity contribution in [1.82, 2.24) is 5.32 Å². The number of hydrogen-bond acceptors (Lipinski definition) is 3. The summed E-state index contributed by atoms with van der Waals surface area (Å²) in [6.45, 7) is 3.33. The van der Waals surface area contributed by atoms with E-state index in [-0.39, 0.29) is 18.8 Å². The Morgan fingerprint density at radius 2 is 1.82 bits per heavy atom. The molecule has 0 rings (SSSR count). The molecule has 0 aromatic carbocycles. The highest BCUT2D eigenvalue weighted by Gasteiger charge is 2.40. The van der Waals surface area contributed by atoms with Gasteiger partial charge in [-0.3, -0.25) is 9.59 Å². The highest BCUT2D eigenvalue weighted by atomic mass is 19.4. The number of ether oxygens (including phenoxy) is 1. The average Bonchev–Trinajstić information content (AvgIpc) is 2.21. The quantitative estimate of drug-likeness (QED) is 0.760. The Morgan fingerprint density at radius 1 is 1.29 bits per heavy atom. The largest absolute Gasteiger partial charge is 0.471 e. The molecule has 0 heterocycles. The highest BCUT2D eigenvalue weighted by Crippen LogP contribution is 2.17. The fourth-order valence-electron chi connectivity index (χ4n) is 1.20. The third-order valence-corrected chi connectivity index (χ3v) is 2.27. The van der Waals surface area contributed by atoms with E-state index in [0.717, 1.165) is 0 Å². The summed E-state index contributed by atoms with van der Waals surface area (Å²) >= 11 is 0. The van der Waals surface area contributed by atoms with Gasteiger partial charge in [-0.15, -0.1) is 0 Å². The number of carbonyl (C=O) groups excluding carboxylic acids is 2. The Labute approximate surface area is 97.5 Å². The lowest BCUT2D eigenvalue weighted by Gasteiger charge is -2.22. The van der Waals surface area contributed by atoms with Gasteiger partial charge in [-0.05, 0) is 12.3 Å². The second-order valence-corrected chi connectivity index (χ2v) is 3.94. The predicted octanol–water partition coefficient (Wildman–Crippen LogP) is 1.64. The van der Waals surface area contributed by atoms with Crippen LogP contribution in [0.4, 0.5) is 13.2 Å². The third-order valence-electron chi connectivity index (χ3n) is 2.27. The van der Waals surface area contributed by atoms with Crippen LogP contribution < -0.4 is 5.32 Å². The minimum atomic E-state index is -4.90. The van der Waals surface area contributed by atoms with Crippen molar-refractivity contribution < 1.29 is 27.5 Å². The minimum absolute atomic E-state index is 0.0303. The summed E-state index contributed by atoms with van der Waals surface area (Å²) in [5.74, 6) is -2.70. The predicted molar refractivity (Wildman–Crippen MR) is 54.1 cm³/mol. The van der Waals surface area contributed by atoms with E-state index < -0.39 is 24.1 Å². The van der Waals surface area contributed by atoms with Crippen molar-refractivity contribution in [3.05, 3.63) is 0 Å². The van der Waals surface area contributed by atoms with Crippen LogP contribution in [-0.2, 0) is 14.3 Å². The van der Waals surface area contributed by atoms with Crippen LogP contribution in [0.15, 0.2) is 0 Å². The zero-order valence-corrected chi connectivity index (χ0v) is 9.93. The molecule has 0 unspecified atom stereocenters. The summed E-state index contributed by atoms with van der Waals surface area (Å²) in [7, 11) is 1.20. The van der Waals surface area contributed by atoms with Crippen molar-refractivity contribution in [2.75, 3.05) is 7.11 Å². The number of alkyl halides is 3. The summed E-state index contributed by atoms with van der Waals surface area (Å²) < 4.78 is 40.5. The van der Waals surface area contributed by atoms with Crippen molar-refractivity contribution in [3.8, 4) is 0 Å². The molecule has 0 saturated carbocycles. The molecule has 4 nitrogen and oxygen atoms in total. The first-order valence-electron chi connectivity index (χ1n) is 5.13. The van der Waals surface area contributed by atoms with Crippen LogP contribution in [0.1, 0.15) is 26.7 Å². The molecular formula is C10H16F3NO3. The van der Waals surface area contributed by atoms with Crippen molar-refractivity contribution in [1.29, 1.82) is 0 Å². The fraction of sp³-hybridized carbons (Fsp3) is 0.800. The number of rotatable bonds is 5. The maximum absolute atomic E-state index is 12.0. The SMILES string of the molecule is COC(=O)CC[C@@H](NC(=O)C(F)(F)F)C(C)C. The molecule has 100 valence electrons. The summed E-state index contributed by atoms with van der Waals surface area (Å²) in [6, 6.07) is -0.705. The van der Waals surface area contributed by atoms with Gasteiger partial charge in [-0.25, -0.2) is 0 Å². The number of carbonyl (C=O) groups is 2. The molecule has 0 aromatic heterocycles. The van der Waals surface area contributed by atoms with Gasteiger partial charge in [-0.1, -0.05) is 13.8 Å². The van der Waals surface area contributed by atoms with E-state index in [1.807, 2.05) is 5.32 Å². The van der Waals surface area contributed by atoms with Crippen molar-refractivity contribution >= 4 is 11.9 Å². The Kier molecular flexibility index (Phi) is 5.98. The molecule has 0 bridgehead atoms. The first-order chi connectivity index (χ1) is 7.68. The highest BCUT2D eigenvalue weighted by molar-refractivity contribution is 5.82. The monoisotopic (exact) mass is 255 g/mol. The van der Waals surface area contributed by atoms with E-state index >= 15 is 0 Å². The number of amides is 1. The molecule has 7 heteroatoms. The van der Waals surface area contributed by atoms with Gasteiger partial charge in [-0.2, -0.15) is 13.2 Å². The van der Waals surface area contributed by atoms with Gasteiger partial charge >= 0.3 is 18.1 Å². The van der Waals surface area contributed by atoms with Crippen LogP contribution in [0.2, 0.25) is 0 Å². The normalized spacial score (nSPS) is 13.4. The Balaban J connectivity index is 4.35. The minimum Gasteiger partial charge on any atom is -0.469 e. The lowest BCUT2D eigenvalue weighted by atomic mass is 9.99. The van der Waals surface area contributed by atoms with E-state index in [4.69, 9.17) is 0 Å². The standard InChI is InChI=1S/C10H16F3NO3/c1-6(2)7(4-5-8(15)17-3)14-9(16)10(11,12)13/h6-7H,4-5H2,1-3H3,(H,14,16)/t7-/m1/s1. The van der Waals surface area contributed by atoms with Gasteiger partial charge in [0.2, 0.25) is 0 Å². The van der Waals surface area contributed by atoms with Crippen LogP contribution in [0.25, 0.3) is 0 Å². The number of nitrogens with one attached hydrogen (secondary N) is 1. The molecule has 1 amide bonds. The Morgan fingerprint density at radius 3 is 2.18 bits per heavy atom. The van der Waals surface area contributed by atoms with Crippen LogP contribution in [-0.4, -0.2) is 31.2 Å². The van der Waals surface area contributed by atoms with Gasteiger partial charge in [0.15, 0.2) is 0 Å². The van der Waals surface area contributed by atoms with Crippen LogP contribution in [0, 0.1) is 5.92 Å². The van der Waals surface area contributed by atoms with E-state index in [0.29, 0.717) is 0 Å². The first-order valence-corrected chi connectivity index (χ1v) is 5.13. The van der Waals surface area contributed by atoms with Gasteiger partial charge in [0.25, 0.3) is 0 Å². The average molecular weight is 255 g/mol. The number of hydrogen-bond donors (Lipinski definition) is 1. The van der Waals surface area contributed by atoms with Crippen molar-refractivity contribution in [3.63, 3.8) is 0 Å². The third kappa shape index (κ3) is 6.13. The Bertz CT molecular complexity index is 276. The number of halogens is 3.